The second-order valence-electron chi connectivity index (χ2n) is 3.85. The Morgan fingerprint density at radius 1 is 1.39 bits per heavy atom. The number of aromatic nitrogens is 1. The van der Waals surface area contributed by atoms with Gasteiger partial charge in [0.05, 0.1) is 5.69 Å². The van der Waals surface area contributed by atoms with Gasteiger partial charge in [-0.3, -0.25) is 4.98 Å². The maximum Gasteiger partial charge on any atom is 0.124 e. The molecule has 0 unspecified atom stereocenters. The fraction of sp³-hybridized carbons (Fsp3) is 0.0769. The molecule has 0 aliphatic carbocycles. The van der Waals surface area contributed by atoms with E-state index >= 15 is 0 Å². The van der Waals surface area contributed by atoms with Crippen LogP contribution in [0.25, 0.3) is 0 Å². The molecule has 18 heavy (non-hydrogen) atoms. The van der Waals surface area contributed by atoms with Gasteiger partial charge in [-0.25, -0.2) is 0 Å². The summed E-state index contributed by atoms with van der Waals surface area (Å²) >= 11 is 8.48. The average Bonchev–Trinajstić information content (AvgIpc) is 2.34. The molecule has 0 fully saturated rings. The minimum atomic E-state index is 0.282. The predicted octanol–water partition coefficient (Wildman–Crippen LogP) is 3.53. The minimum Gasteiger partial charge on any atom is -0.388 e. The van der Waals surface area contributed by atoms with E-state index in [2.05, 4.69) is 26.2 Å². The van der Waals surface area contributed by atoms with Crippen LogP contribution < -0.4 is 11.1 Å². The molecule has 0 radical (unpaired) electrons. The minimum absolute atomic E-state index is 0.282. The summed E-state index contributed by atoms with van der Waals surface area (Å²) in [6.07, 6.45) is 1.67. The maximum absolute atomic E-state index is 5.64. The molecule has 2 rings (SSSR count). The maximum atomic E-state index is 5.64. The van der Waals surface area contributed by atoms with Gasteiger partial charge in [-0.2, -0.15) is 0 Å². The first kappa shape index (κ1) is 13.0. The average molecular weight is 322 g/mol. The summed E-state index contributed by atoms with van der Waals surface area (Å²) in [5, 5.41) is 3.26. The van der Waals surface area contributed by atoms with Crippen LogP contribution in [0.15, 0.2) is 41.0 Å². The van der Waals surface area contributed by atoms with Crippen LogP contribution in [0.5, 0.6) is 0 Å². The van der Waals surface area contributed by atoms with Gasteiger partial charge < -0.3 is 11.1 Å². The Bertz CT molecular complexity index is 599. The van der Waals surface area contributed by atoms with Crippen LogP contribution in [0.3, 0.4) is 0 Å². The number of halogens is 1. The van der Waals surface area contributed by atoms with Gasteiger partial charge in [0.25, 0.3) is 0 Å². The summed E-state index contributed by atoms with van der Waals surface area (Å²) in [4.78, 5) is 4.46. The Labute approximate surface area is 120 Å². The standard InChI is InChI=1S/C13H12BrN3S/c1-8-4-5-9(7-10(8)14)17-11-3-2-6-16-12(11)13(15)18/h2-7,17H,1H3,(H2,15,18). The van der Waals surface area contributed by atoms with E-state index in [4.69, 9.17) is 18.0 Å². The van der Waals surface area contributed by atoms with Crippen molar-refractivity contribution in [1.82, 2.24) is 4.98 Å². The van der Waals surface area contributed by atoms with Crippen molar-refractivity contribution in [3.8, 4) is 0 Å². The van der Waals surface area contributed by atoms with Crippen LogP contribution in [0.4, 0.5) is 11.4 Å². The number of anilines is 2. The van der Waals surface area contributed by atoms with Crippen molar-refractivity contribution < 1.29 is 0 Å². The highest BCUT2D eigenvalue weighted by Gasteiger charge is 2.06. The van der Waals surface area contributed by atoms with Crippen molar-refractivity contribution in [3.05, 3.63) is 52.3 Å². The molecule has 92 valence electrons. The Morgan fingerprint density at radius 2 is 2.17 bits per heavy atom. The molecule has 5 heteroatoms. The quantitative estimate of drug-likeness (QED) is 0.849. The molecule has 0 saturated heterocycles. The smallest absolute Gasteiger partial charge is 0.124 e. The van der Waals surface area contributed by atoms with E-state index < -0.39 is 0 Å². The second-order valence-corrected chi connectivity index (χ2v) is 5.15. The zero-order valence-corrected chi connectivity index (χ0v) is 12.2. The summed E-state index contributed by atoms with van der Waals surface area (Å²) < 4.78 is 1.05. The number of nitrogens with two attached hydrogens (primary N) is 1. The molecule has 0 aliphatic heterocycles. The highest BCUT2D eigenvalue weighted by Crippen LogP contribution is 2.24. The Hall–Kier alpha value is -1.46. The van der Waals surface area contributed by atoms with E-state index in [0.717, 1.165) is 15.8 Å². The monoisotopic (exact) mass is 321 g/mol. The molecule has 1 aromatic heterocycles. The van der Waals surface area contributed by atoms with Crippen LogP contribution >= 0.6 is 28.1 Å². The van der Waals surface area contributed by atoms with Crippen molar-refractivity contribution in [2.75, 3.05) is 5.32 Å². The molecule has 1 aromatic carbocycles. The first-order valence-electron chi connectivity index (χ1n) is 5.36. The van der Waals surface area contributed by atoms with E-state index in [1.807, 2.05) is 37.3 Å². The van der Waals surface area contributed by atoms with Gasteiger partial charge in [0, 0.05) is 16.4 Å². The number of pyridine rings is 1. The van der Waals surface area contributed by atoms with E-state index in [1.54, 1.807) is 6.20 Å². The lowest BCUT2D eigenvalue weighted by atomic mass is 10.2. The molecule has 0 atom stereocenters. The SMILES string of the molecule is Cc1ccc(Nc2cccnc2C(N)=S)cc1Br. The summed E-state index contributed by atoms with van der Waals surface area (Å²) in [5.41, 5.74) is 9.19. The lowest BCUT2D eigenvalue weighted by Crippen LogP contribution is -2.13. The molecular weight excluding hydrogens is 310 g/mol. The Kier molecular flexibility index (Phi) is 3.93. The number of hydrogen-bond acceptors (Lipinski definition) is 3. The van der Waals surface area contributed by atoms with E-state index in [1.165, 1.54) is 5.56 Å². The van der Waals surface area contributed by atoms with Gasteiger partial charge in [-0.1, -0.05) is 34.2 Å². The van der Waals surface area contributed by atoms with Gasteiger partial charge in [0.2, 0.25) is 0 Å². The van der Waals surface area contributed by atoms with Gasteiger partial charge in [0.1, 0.15) is 10.7 Å². The number of aryl methyl sites for hydroxylation is 1. The molecule has 0 saturated carbocycles. The lowest BCUT2D eigenvalue weighted by Gasteiger charge is -2.11. The highest BCUT2D eigenvalue weighted by atomic mass is 79.9. The normalized spacial score (nSPS) is 10.1. The number of thiocarbonyl (C=S) groups is 1. The summed E-state index contributed by atoms with van der Waals surface area (Å²) in [5.74, 6) is 0. The fourth-order valence-corrected chi connectivity index (χ4v) is 2.07. The van der Waals surface area contributed by atoms with Gasteiger partial charge in [-0.15, -0.1) is 0 Å². The number of nitrogens with one attached hydrogen (secondary N) is 1. The van der Waals surface area contributed by atoms with Crippen molar-refractivity contribution in [3.63, 3.8) is 0 Å². The number of benzene rings is 1. The first-order chi connectivity index (χ1) is 8.58. The van der Waals surface area contributed by atoms with Crippen LogP contribution in [0.1, 0.15) is 11.3 Å². The number of rotatable bonds is 3. The van der Waals surface area contributed by atoms with Crippen LogP contribution in [0.2, 0.25) is 0 Å². The van der Waals surface area contributed by atoms with Crippen molar-refractivity contribution in [1.29, 1.82) is 0 Å². The molecule has 2 aromatic rings. The van der Waals surface area contributed by atoms with Crippen molar-refractivity contribution in [2.45, 2.75) is 6.92 Å². The largest absolute Gasteiger partial charge is 0.388 e. The first-order valence-corrected chi connectivity index (χ1v) is 6.56. The zero-order chi connectivity index (χ0) is 13.1. The van der Waals surface area contributed by atoms with Crippen molar-refractivity contribution >= 4 is 44.5 Å². The van der Waals surface area contributed by atoms with E-state index in [0.29, 0.717) is 5.69 Å². The van der Waals surface area contributed by atoms with Gasteiger partial charge in [-0.05, 0) is 36.8 Å². The molecular formula is C13H12BrN3S. The van der Waals surface area contributed by atoms with Gasteiger partial charge in [0.15, 0.2) is 0 Å². The molecule has 0 amide bonds. The van der Waals surface area contributed by atoms with E-state index in [-0.39, 0.29) is 4.99 Å². The molecule has 3 N–H and O–H groups in total. The molecule has 0 bridgehead atoms. The molecule has 1 heterocycles. The third-order valence-electron chi connectivity index (χ3n) is 2.49. The third-order valence-corrected chi connectivity index (χ3v) is 3.54. The Balaban J connectivity index is 2.34. The lowest BCUT2D eigenvalue weighted by molar-refractivity contribution is 1.28. The van der Waals surface area contributed by atoms with Crippen molar-refractivity contribution in [2.24, 2.45) is 5.73 Å². The third kappa shape index (κ3) is 2.86. The molecule has 3 nitrogen and oxygen atoms in total. The number of hydrogen-bond donors (Lipinski definition) is 2. The predicted molar refractivity (Wildman–Crippen MR) is 82.3 cm³/mol. The Morgan fingerprint density at radius 3 is 2.83 bits per heavy atom. The zero-order valence-electron chi connectivity index (χ0n) is 9.77. The highest BCUT2D eigenvalue weighted by molar-refractivity contribution is 9.10. The molecule has 0 aliphatic rings. The van der Waals surface area contributed by atoms with Gasteiger partial charge >= 0.3 is 0 Å². The summed E-state index contributed by atoms with van der Waals surface area (Å²) in [7, 11) is 0. The second kappa shape index (κ2) is 5.46. The van der Waals surface area contributed by atoms with Crippen LogP contribution in [-0.2, 0) is 0 Å². The van der Waals surface area contributed by atoms with Crippen LogP contribution in [-0.4, -0.2) is 9.97 Å². The molecule has 0 spiro atoms. The summed E-state index contributed by atoms with van der Waals surface area (Å²) in [6.45, 7) is 2.04. The van der Waals surface area contributed by atoms with Crippen LogP contribution in [0, 0.1) is 6.92 Å². The number of nitrogens with zero attached hydrogens (tertiary/aromatic N) is 1. The van der Waals surface area contributed by atoms with E-state index in [9.17, 15) is 0 Å². The summed E-state index contributed by atoms with van der Waals surface area (Å²) in [6, 6.07) is 9.77. The fourth-order valence-electron chi connectivity index (χ4n) is 1.53. The topological polar surface area (TPSA) is 50.9 Å².